The highest BCUT2D eigenvalue weighted by Crippen LogP contribution is 2.42. The van der Waals surface area contributed by atoms with Gasteiger partial charge in [-0.3, -0.25) is 0 Å². The molecule has 14 heavy (non-hydrogen) atoms. The molecule has 0 aromatic carbocycles. The number of hydrogen-bond acceptors (Lipinski definition) is 1. The van der Waals surface area contributed by atoms with E-state index in [0.717, 1.165) is 29.8 Å². The summed E-state index contributed by atoms with van der Waals surface area (Å²) in [6.45, 7) is 3.79. The molecule has 0 saturated heterocycles. The summed E-state index contributed by atoms with van der Waals surface area (Å²) in [5.41, 5.74) is 0.326. The Morgan fingerprint density at radius 3 is 2.21 bits per heavy atom. The van der Waals surface area contributed by atoms with E-state index >= 15 is 0 Å². The number of hydrogen-bond donors (Lipinski definition) is 0. The summed E-state index contributed by atoms with van der Waals surface area (Å²) in [7, 11) is 0. The molecule has 3 heteroatoms. The monoisotopic (exact) mass is 326 g/mol. The molecule has 0 aromatic heterocycles. The molecule has 84 valence electrons. The molecule has 1 fully saturated rings. The summed E-state index contributed by atoms with van der Waals surface area (Å²) in [5.74, 6) is 0.841. The third-order valence-corrected chi connectivity index (χ3v) is 5.58. The maximum atomic E-state index is 5.63. The van der Waals surface area contributed by atoms with Gasteiger partial charge in [0.15, 0.2) is 0 Å². The van der Waals surface area contributed by atoms with Crippen molar-refractivity contribution in [3.63, 3.8) is 0 Å². The van der Waals surface area contributed by atoms with E-state index in [1.54, 1.807) is 0 Å². The predicted molar refractivity (Wildman–Crippen MR) is 68.5 cm³/mol. The first-order valence-electron chi connectivity index (χ1n) is 5.48. The summed E-state index contributed by atoms with van der Waals surface area (Å²) >= 11 is 7.33. The molecule has 0 heterocycles. The van der Waals surface area contributed by atoms with Crippen molar-refractivity contribution in [2.75, 3.05) is 23.9 Å². The van der Waals surface area contributed by atoms with Crippen molar-refractivity contribution in [3.8, 4) is 0 Å². The van der Waals surface area contributed by atoms with Crippen LogP contribution in [-0.4, -0.2) is 23.9 Å². The van der Waals surface area contributed by atoms with Gasteiger partial charge in [-0.2, -0.15) is 0 Å². The van der Waals surface area contributed by atoms with Crippen LogP contribution in [0.3, 0.4) is 0 Å². The molecule has 1 nitrogen and oxygen atoms in total. The van der Waals surface area contributed by atoms with Gasteiger partial charge in [0.2, 0.25) is 0 Å². The summed E-state index contributed by atoms with van der Waals surface area (Å²) in [6, 6.07) is 0. The normalized spacial score (nSPS) is 19.1. The van der Waals surface area contributed by atoms with E-state index in [9.17, 15) is 0 Å². The molecule has 1 saturated carbocycles. The van der Waals surface area contributed by atoms with Crippen molar-refractivity contribution in [3.05, 3.63) is 0 Å². The fourth-order valence-electron chi connectivity index (χ4n) is 2.29. The minimum absolute atomic E-state index is 0.326. The molecular weight excluding hydrogens is 308 g/mol. The van der Waals surface area contributed by atoms with Crippen LogP contribution in [0.4, 0.5) is 0 Å². The third kappa shape index (κ3) is 2.96. The van der Waals surface area contributed by atoms with Gasteiger partial charge in [0, 0.05) is 22.7 Å². The second-order valence-electron chi connectivity index (χ2n) is 4.25. The van der Waals surface area contributed by atoms with E-state index in [1.807, 2.05) is 0 Å². The number of rotatable bonds is 6. The van der Waals surface area contributed by atoms with Gasteiger partial charge in [-0.15, -0.1) is 0 Å². The van der Waals surface area contributed by atoms with Gasteiger partial charge < -0.3 is 4.74 Å². The summed E-state index contributed by atoms with van der Waals surface area (Å²) in [4.78, 5) is 0. The van der Waals surface area contributed by atoms with Crippen molar-refractivity contribution in [2.45, 2.75) is 32.6 Å². The number of halogens is 2. The van der Waals surface area contributed by atoms with Gasteiger partial charge in [0.1, 0.15) is 0 Å². The van der Waals surface area contributed by atoms with Crippen LogP contribution >= 0.6 is 31.9 Å². The topological polar surface area (TPSA) is 9.23 Å². The molecule has 0 N–H and O–H groups in total. The molecule has 0 aliphatic heterocycles. The van der Waals surface area contributed by atoms with Crippen LogP contribution in [0.5, 0.6) is 0 Å². The molecule has 0 unspecified atom stereocenters. The van der Waals surface area contributed by atoms with Crippen LogP contribution in [0.15, 0.2) is 0 Å². The number of ether oxygens (including phenoxy) is 1. The molecule has 0 bridgehead atoms. The first kappa shape index (κ1) is 13.0. The zero-order valence-electron chi connectivity index (χ0n) is 8.90. The highest BCUT2D eigenvalue weighted by atomic mass is 79.9. The van der Waals surface area contributed by atoms with E-state index in [4.69, 9.17) is 4.74 Å². The van der Waals surface area contributed by atoms with E-state index < -0.39 is 0 Å². The van der Waals surface area contributed by atoms with Gasteiger partial charge >= 0.3 is 0 Å². The Balaban J connectivity index is 2.57. The standard InChI is InChI=1S/C11H20Br2O/c1-2-14-9-11(7-12,8-13)10-5-3-4-6-10/h10H,2-9H2,1H3. The first-order chi connectivity index (χ1) is 6.79. The third-order valence-electron chi connectivity index (χ3n) is 3.35. The van der Waals surface area contributed by atoms with E-state index in [0.29, 0.717) is 5.41 Å². The van der Waals surface area contributed by atoms with Crippen LogP contribution in [0, 0.1) is 11.3 Å². The van der Waals surface area contributed by atoms with E-state index in [2.05, 4.69) is 38.8 Å². The predicted octanol–water partition coefficient (Wildman–Crippen LogP) is 3.99. The van der Waals surface area contributed by atoms with Crippen LogP contribution in [0.25, 0.3) is 0 Å². The van der Waals surface area contributed by atoms with Crippen molar-refractivity contribution < 1.29 is 4.74 Å². The lowest BCUT2D eigenvalue weighted by Crippen LogP contribution is -2.37. The highest BCUT2D eigenvalue weighted by Gasteiger charge is 2.38. The lowest BCUT2D eigenvalue weighted by atomic mass is 9.78. The van der Waals surface area contributed by atoms with Gasteiger partial charge in [0.05, 0.1) is 6.61 Å². The molecule has 0 radical (unpaired) electrons. The molecule has 1 aliphatic carbocycles. The minimum Gasteiger partial charge on any atom is -0.381 e. The maximum absolute atomic E-state index is 5.63. The largest absolute Gasteiger partial charge is 0.381 e. The van der Waals surface area contributed by atoms with Crippen LogP contribution < -0.4 is 0 Å². The first-order valence-corrected chi connectivity index (χ1v) is 7.73. The van der Waals surface area contributed by atoms with Crippen molar-refractivity contribution >= 4 is 31.9 Å². The average Bonchev–Trinajstić information content (AvgIpc) is 2.74. The van der Waals surface area contributed by atoms with Crippen molar-refractivity contribution in [1.82, 2.24) is 0 Å². The Morgan fingerprint density at radius 1 is 1.21 bits per heavy atom. The van der Waals surface area contributed by atoms with Gasteiger partial charge in [-0.1, -0.05) is 44.7 Å². The second kappa shape index (κ2) is 6.49. The quantitative estimate of drug-likeness (QED) is 0.670. The fourth-order valence-corrected chi connectivity index (χ4v) is 4.46. The summed E-state index contributed by atoms with van der Waals surface area (Å²) < 4.78 is 5.63. The Bertz CT molecular complexity index is 151. The second-order valence-corrected chi connectivity index (χ2v) is 5.37. The van der Waals surface area contributed by atoms with Gasteiger partial charge in [0.25, 0.3) is 0 Å². The van der Waals surface area contributed by atoms with Gasteiger partial charge in [-0.25, -0.2) is 0 Å². The molecule has 0 aromatic rings. The van der Waals surface area contributed by atoms with Gasteiger partial charge in [-0.05, 0) is 25.7 Å². The SMILES string of the molecule is CCOCC(CBr)(CBr)C1CCCC1. The Kier molecular flexibility index (Phi) is 6.02. The number of alkyl halides is 2. The fraction of sp³-hybridized carbons (Fsp3) is 1.00. The Labute approximate surface area is 104 Å². The molecule has 0 amide bonds. The van der Waals surface area contributed by atoms with Crippen LogP contribution in [0.1, 0.15) is 32.6 Å². The van der Waals surface area contributed by atoms with E-state index in [1.165, 1.54) is 25.7 Å². The average molecular weight is 328 g/mol. The molecule has 1 aliphatic rings. The minimum atomic E-state index is 0.326. The van der Waals surface area contributed by atoms with Crippen LogP contribution in [-0.2, 0) is 4.74 Å². The summed E-state index contributed by atoms with van der Waals surface area (Å²) in [6.07, 6.45) is 5.56. The lowest BCUT2D eigenvalue weighted by molar-refractivity contribution is 0.0440. The molecule has 0 spiro atoms. The smallest absolute Gasteiger partial charge is 0.0541 e. The Morgan fingerprint density at radius 2 is 1.79 bits per heavy atom. The maximum Gasteiger partial charge on any atom is 0.0541 e. The molecular formula is C11H20Br2O. The lowest BCUT2D eigenvalue weighted by Gasteiger charge is -2.35. The summed E-state index contributed by atoms with van der Waals surface area (Å²) in [5, 5.41) is 2.10. The Hall–Kier alpha value is 0.920. The molecule has 1 rings (SSSR count). The zero-order valence-corrected chi connectivity index (χ0v) is 12.1. The van der Waals surface area contributed by atoms with E-state index in [-0.39, 0.29) is 0 Å². The van der Waals surface area contributed by atoms with Crippen molar-refractivity contribution in [2.24, 2.45) is 11.3 Å². The zero-order chi connectivity index (χ0) is 10.4. The highest BCUT2D eigenvalue weighted by molar-refractivity contribution is 9.09. The molecule has 0 atom stereocenters. The van der Waals surface area contributed by atoms with Crippen molar-refractivity contribution in [1.29, 1.82) is 0 Å². The van der Waals surface area contributed by atoms with Crippen LogP contribution in [0.2, 0.25) is 0 Å².